The highest BCUT2D eigenvalue weighted by Gasteiger charge is 2.42. The van der Waals surface area contributed by atoms with E-state index in [1.165, 1.54) is 12.7 Å². The Morgan fingerprint density at radius 2 is 1.86 bits per heavy atom. The van der Waals surface area contributed by atoms with Crippen LogP contribution in [0.15, 0.2) is 48.5 Å². The Bertz CT molecular complexity index is 832. The number of hydrogen-bond donors (Lipinski definition) is 1. The predicted molar refractivity (Wildman–Crippen MR) is 110 cm³/mol. The summed E-state index contributed by atoms with van der Waals surface area (Å²) in [6.07, 6.45) is 2.86. The fraction of sp³-hybridized carbons (Fsp3) is 0.391. The standard InChI is InChI=1S/C23H28N2O3/c1-4-7-16-10-12-17(13-11-16)18-8-5-6-9-19(18)22(26)25-15-14-20(24-2)21(25)23(27)28-3/h5-6,8-13,20-21,24H,4,7,14-15H2,1-3H3/t20-,21-/m0/s1. The zero-order valence-electron chi connectivity index (χ0n) is 16.8. The Morgan fingerprint density at radius 3 is 2.50 bits per heavy atom. The van der Waals surface area contributed by atoms with Gasteiger partial charge in [-0.1, -0.05) is 55.8 Å². The molecule has 0 bridgehead atoms. The van der Waals surface area contributed by atoms with Crippen molar-refractivity contribution < 1.29 is 14.3 Å². The number of aryl methyl sites for hydroxylation is 1. The van der Waals surface area contributed by atoms with Gasteiger partial charge >= 0.3 is 5.97 Å². The van der Waals surface area contributed by atoms with E-state index in [1.807, 2.05) is 24.3 Å². The van der Waals surface area contributed by atoms with Crippen molar-refractivity contribution in [2.75, 3.05) is 20.7 Å². The van der Waals surface area contributed by atoms with Gasteiger partial charge in [-0.15, -0.1) is 0 Å². The number of nitrogens with zero attached hydrogens (tertiary/aromatic N) is 1. The summed E-state index contributed by atoms with van der Waals surface area (Å²) in [5, 5.41) is 3.14. The Morgan fingerprint density at radius 1 is 1.14 bits per heavy atom. The molecule has 2 atom stereocenters. The number of carbonyl (C=O) groups excluding carboxylic acids is 2. The fourth-order valence-corrected chi connectivity index (χ4v) is 3.95. The van der Waals surface area contributed by atoms with Gasteiger partial charge in [-0.3, -0.25) is 4.79 Å². The van der Waals surface area contributed by atoms with Crippen LogP contribution in [-0.2, 0) is 16.0 Å². The molecule has 1 saturated heterocycles. The van der Waals surface area contributed by atoms with Gasteiger partial charge in [0.2, 0.25) is 0 Å². The first kappa shape index (κ1) is 20.1. The van der Waals surface area contributed by atoms with Crippen LogP contribution in [0.2, 0.25) is 0 Å². The van der Waals surface area contributed by atoms with Gasteiger partial charge in [-0.2, -0.15) is 0 Å². The SMILES string of the molecule is CCCc1ccc(-c2ccccc2C(=O)N2CC[C@H](NC)[C@H]2C(=O)OC)cc1. The van der Waals surface area contributed by atoms with Crippen molar-refractivity contribution in [1.82, 2.24) is 10.2 Å². The average molecular weight is 380 g/mol. The molecule has 148 valence electrons. The van der Waals surface area contributed by atoms with Gasteiger partial charge in [-0.05, 0) is 42.6 Å². The Kier molecular flexibility index (Phi) is 6.47. The van der Waals surface area contributed by atoms with E-state index in [9.17, 15) is 9.59 Å². The number of amides is 1. The highest BCUT2D eigenvalue weighted by molar-refractivity contribution is 6.02. The molecule has 0 unspecified atom stereocenters. The van der Waals surface area contributed by atoms with Crippen LogP contribution < -0.4 is 5.32 Å². The first-order valence-corrected chi connectivity index (χ1v) is 9.85. The van der Waals surface area contributed by atoms with Crippen LogP contribution in [0, 0.1) is 0 Å². The molecule has 0 aromatic heterocycles. The molecular formula is C23H28N2O3. The summed E-state index contributed by atoms with van der Waals surface area (Å²) in [7, 11) is 3.17. The van der Waals surface area contributed by atoms with Gasteiger partial charge in [0, 0.05) is 18.2 Å². The van der Waals surface area contributed by atoms with Gasteiger partial charge in [0.25, 0.3) is 5.91 Å². The van der Waals surface area contributed by atoms with Crippen molar-refractivity contribution in [3.05, 3.63) is 59.7 Å². The molecule has 2 aromatic rings. The molecule has 1 aliphatic rings. The number of esters is 1. The van der Waals surface area contributed by atoms with Crippen LogP contribution in [0.4, 0.5) is 0 Å². The smallest absolute Gasteiger partial charge is 0.330 e. The summed E-state index contributed by atoms with van der Waals surface area (Å²) in [5.74, 6) is -0.520. The summed E-state index contributed by atoms with van der Waals surface area (Å²) in [5.41, 5.74) is 3.78. The fourth-order valence-electron chi connectivity index (χ4n) is 3.95. The second-order valence-corrected chi connectivity index (χ2v) is 7.14. The van der Waals surface area contributed by atoms with Crippen LogP contribution in [0.5, 0.6) is 0 Å². The maximum absolute atomic E-state index is 13.4. The summed E-state index contributed by atoms with van der Waals surface area (Å²) in [4.78, 5) is 27.4. The molecule has 0 spiro atoms. The molecule has 2 aromatic carbocycles. The lowest BCUT2D eigenvalue weighted by Gasteiger charge is -2.26. The molecule has 5 heteroatoms. The zero-order chi connectivity index (χ0) is 20.1. The van der Waals surface area contributed by atoms with E-state index >= 15 is 0 Å². The van der Waals surface area contributed by atoms with E-state index in [2.05, 4.69) is 36.5 Å². The first-order chi connectivity index (χ1) is 13.6. The van der Waals surface area contributed by atoms with Crippen molar-refractivity contribution >= 4 is 11.9 Å². The maximum Gasteiger partial charge on any atom is 0.330 e. The van der Waals surface area contributed by atoms with E-state index in [-0.39, 0.29) is 17.9 Å². The normalized spacial score (nSPS) is 18.9. The minimum absolute atomic E-state index is 0.100. The zero-order valence-corrected chi connectivity index (χ0v) is 16.8. The molecule has 0 radical (unpaired) electrons. The van der Waals surface area contributed by atoms with Crippen molar-refractivity contribution in [2.45, 2.75) is 38.3 Å². The lowest BCUT2D eigenvalue weighted by molar-refractivity contribution is -0.145. The van der Waals surface area contributed by atoms with Crippen LogP contribution in [0.1, 0.15) is 35.7 Å². The van der Waals surface area contributed by atoms with Crippen molar-refractivity contribution in [3.63, 3.8) is 0 Å². The lowest BCUT2D eigenvalue weighted by atomic mass is 9.97. The summed E-state index contributed by atoms with van der Waals surface area (Å²) >= 11 is 0. The number of likely N-dealkylation sites (N-methyl/N-ethyl adjacent to an activating group) is 1. The average Bonchev–Trinajstić information content (AvgIpc) is 3.17. The van der Waals surface area contributed by atoms with Gasteiger partial charge in [0.05, 0.1) is 7.11 Å². The quantitative estimate of drug-likeness (QED) is 0.782. The number of nitrogens with one attached hydrogen (secondary N) is 1. The highest BCUT2D eigenvalue weighted by atomic mass is 16.5. The Labute approximate surface area is 166 Å². The molecule has 5 nitrogen and oxygen atoms in total. The molecule has 1 N–H and O–H groups in total. The Balaban J connectivity index is 1.93. The number of ether oxygens (including phenoxy) is 1. The predicted octanol–water partition coefficient (Wildman–Crippen LogP) is 3.28. The van der Waals surface area contributed by atoms with Crippen LogP contribution in [-0.4, -0.2) is 49.6 Å². The third-order valence-corrected chi connectivity index (χ3v) is 5.43. The number of rotatable bonds is 6. The minimum atomic E-state index is -0.609. The summed E-state index contributed by atoms with van der Waals surface area (Å²) in [6, 6.07) is 15.2. The lowest BCUT2D eigenvalue weighted by Crippen LogP contribution is -2.49. The third-order valence-electron chi connectivity index (χ3n) is 5.43. The Hall–Kier alpha value is -2.66. The second kappa shape index (κ2) is 9.02. The van der Waals surface area contributed by atoms with Crippen molar-refractivity contribution in [1.29, 1.82) is 0 Å². The molecule has 3 rings (SSSR count). The number of carbonyl (C=O) groups is 2. The molecule has 1 fully saturated rings. The topological polar surface area (TPSA) is 58.6 Å². The summed E-state index contributed by atoms with van der Waals surface area (Å²) in [6.45, 7) is 2.68. The van der Waals surface area contributed by atoms with Gasteiger partial charge in [-0.25, -0.2) is 4.79 Å². The van der Waals surface area contributed by atoms with E-state index < -0.39 is 6.04 Å². The van der Waals surface area contributed by atoms with Gasteiger partial charge in [0.1, 0.15) is 6.04 Å². The summed E-state index contributed by atoms with van der Waals surface area (Å²) < 4.78 is 4.96. The molecule has 28 heavy (non-hydrogen) atoms. The first-order valence-electron chi connectivity index (χ1n) is 9.85. The van der Waals surface area contributed by atoms with Crippen LogP contribution in [0.25, 0.3) is 11.1 Å². The van der Waals surface area contributed by atoms with Gasteiger partial charge in [0.15, 0.2) is 0 Å². The van der Waals surface area contributed by atoms with Crippen molar-refractivity contribution in [3.8, 4) is 11.1 Å². The largest absolute Gasteiger partial charge is 0.467 e. The molecule has 1 amide bonds. The third kappa shape index (κ3) is 3.94. The molecular weight excluding hydrogens is 352 g/mol. The maximum atomic E-state index is 13.4. The second-order valence-electron chi connectivity index (χ2n) is 7.14. The monoisotopic (exact) mass is 380 g/mol. The number of benzene rings is 2. The molecule has 1 aliphatic heterocycles. The minimum Gasteiger partial charge on any atom is -0.467 e. The van der Waals surface area contributed by atoms with Crippen molar-refractivity contribution in [2.24, 2.45) is 0 Å². The van der Waals surface area contributed by atoms with E-state index in [4.69, 9.17) is 4.74 Å². The number of likely N-dealkylation sites (tertiary alicyclic amines) is 1. The van der Waals surface area contributed by atoms with E-state index in [0.717, 1.165) is 30.4 Å². The van der Waals surface area contributed by atoms with Crippen LogP contribution in [0.3, 0.4) is 0 Å². The van der Waals surface area contributed by atoms with Crippen LogP contribution >= 0.6 is 0 Å². The molecule has 1 heterocycles. The number of hydrogen-bond acceptors (Lipinski definition) is 4. The highest BCUT2D eigenvalue weighted by Crippen LogP contribution is 2.28. The van der Waals surface area contributed by atoms with E-state index in [1.54, 1.807) is 11.9 Å². The molecule has 0 aliphatic carbocycles. The van der Waals surface area contributed by atoms with E-state index in [0.29, 0.717) is 12.1 Å². The van der Waals surface area contributed by atoms with Gasteiger partial charge < -0.3 is 15.0 Å². The number of methoxy groups -OCH3 is 1. The molecule has 0 saturated carbocycles.